The van der Waals surface area contributed by atoms with E-state index in [0.717, 1.165) is 23.1 Å². The highest BCUT2D eigenvalue weighted by Gasteiger charge is 2.11. The highest BCUT2D eigenvalue weighted by atomic mass is 79.9. The molecular formula is C15H18BrNOS. The van der Waals surface area contributed by atoms with Crippen molar-refractivity contribution in [3.8, 4) is 0 Å². The Morgan fingerprint density at radius 2 is 2.16 bits per heavy atom. The summed E-state index contributed by atoms with van der Waals surface area (Å²) in [6.45, 7) is 5.82. The number of aliphatic hydroxyl groups excluding tert-OH is 1. The van der Waals surface area contributed by atoms with Gasteiger partial charge in [-0.1, -0.05) is 28.1 Å². The fourth-order valence-electron chi connectivity index (χ4n) is 2.03. The van der Waals surface area contributed by atoms with Crippen LogP contribution in [0.5, 0.6) is 0 Å². The minimum absolute atomic E-state index is 0.448. The van der Waals surface area contributed by atoms with Crippen molar-refractivity contribution < 1.29 is 5.11 Å². The Hall–Kier alpha value is -0.840. The number of benzene rings is 1. The van der Waals surface area contributed by atoms with Gasteiger partial charge in [0, 0.05) is 21.6 Å². The lowest BCUT2D eigenvalue weighted by atomic mass is 10.1. The zero-order valence-corrected chi connectivity index (χ0v) is 13.5. The second kappa shape index (κ2) is 6.55. The highest BCUT2D eigenvalue weighted by molar-refractivity contribution is 9.10. The Morgan fingerprint density at radius 3 is 2.68 bits per heavy atom. The van der Waals surface area contributed by atoms with Crippen molar-refractivity contribution in [2.45, 2.75) is 26.5 Å². The molecular weight excluding hydrogens is 322 g/mol. The van der Waals surface area contributed by atoms with E-state index in [9.17, 15) is 5.11 Å². The minimum Gasteiger partial charge on any atom is -0.389 e. The van der Waals surface area contributed by atoms with Crippen LogP contribution in [0, 0.1) is 0 Å². The predicted octanol–water partition coefficient (Wildman–Crippen LogP) is 4.59. The third-order valence-corrected chi connectivity index (χ3v) is 4.66. The molecule has 0 aliphatic rings. The molecule has 0 saturated heterocycles. The lowest BCUT2D eigenvalue weighted by Crippen LogP contribution is -2.21. The van der Waals surface area contributed by atoms with Crippen LogP contribution < -0.4 is 4.90 Å². The number of aliphatic hydroxyl groups is 1. The lowest BCUT2D eigenvalue weighted by molar-refractivity contribution is 0.198. The van der Waals surface area contributed by atoms with Crippen molar-refractivity contribution in [2.75, 3.05) is 11.4 Å². The monoisotopic (exact) mass is 339 g/mol. The predicted molar refractivity (Wildman–Crippen MR) is 85.8 cm³/mol. The largest absolute Gasteiger partial charge is 0.389 e. The number of thiophene rings is 1. The molecule has 0 radical (unpaired) electrons. The van der Waals surface area contributed by atoms with Crippen molar-refractivity contribution >= 4 is 33.0 Å². The molecule has 1 aromatic heterocycles. The number of hydrogen-bond acceptors (Lipinski definition) is 3. The zero-order chi connectivity index (χ0) is 13.8. The molecule has 0 spiro atoms. The van der Waals surface area contributed by atoms with E-state index in [1.807, 2.05) is 6.07 Å². The number of rotatable bonds is 5. The Balaban J connectivity index is 2.21. The van der Waals surface area contributed by atoms with Gasteiger partial charge in [-0.05, 0) is 43.0 Å². The summed E-state index contributed by atoms with van der Waals surface area (Å²) in [5.41, 5.74) is 2.10. The quantitative estimate of drug-likeness (QED) is 0.860. The molecule has 102 valence electrons. The van der Waals surface area contributed by atoms with Gasteiger partial charge in [0.2, 0.25) is 0 Å². The van der Waals surface area contributed by atoms with Crippen molar-refractivity contribution in [2.24, 2.45) is 0 Å². The second-order valence-corrected chi connectivity index (χ2v) is 6.36. The maximum atomic E-state index is 9.66. The third kappa shape index (κ3) is 3.59. The van der Waals surface area contributed by atoms with Crippen molar-refractivity contribution in [3.63, 3.8) is 0 Å². The van der Waals surface area contributed by atoms with Crippen LogP contribution in [0.15, 0.2) is 40.2 Å². The summed E-state index contributed by atoms with van der Waals surface area (Å²) >= 11 is 5.32. The van der Waals surface area contributed by atoms with Gasteiger partial charge in [-0.2, -0.15) is 0 Å². The van der Waals surface area contributed by atoms with Gasteiger partial charge in [0.1, 0.15) is 0 Å². The van der Waals surface area contributed by atoms with E-state index in [4.69, 9.17) is 0 Å². The summed E-state index contributed by atoms with van der Waals surface area (Å²) in [5.74, 6) is 0. The molecule has 2 nitrogen and oxygen atoms in total. The summed E-state index contributed by atoms with van der Waals surface area (Å²) in [4.78, 5) is 3.68. The number of nitrogens with zero attached hydrogens (tertiary/aromatic N) is 1. The van der Waals surface area contributed by atoms with Crippen LogP contribution in [0.2, 0.25) is 0 Å². The summed E-state index contributed by atoms with van der Waals surface area (Å²) in [7, 11) is 0. The number of halogens is 1. The molecule has 0 aliphatic heterocycles. The molecule has 0 aliphatic carbocycles. The molecule has 0 bridgehead atoms. The van der Waals surface area contributed by atoms with Gasteiger partial charge in [0.15, 0.2) is 0 Å². The smallest absolute Gasteiger partial charge is 0.0772 e. The molecule has 2 aromatic rings. The molecule has 2 rings (SSSR count). The van der Waals surface area contributed by atoms with E-state index in [1.165, 1.54) is 10.6 Å². The molecule has 1 N–H and O–H groups in total. The maximum absolute atomic E-state index is 9.66. The van der Waals surface area contributed by atoms with E-state index in [2.05, 4.69) is 57.4 Å². The first-order chi connectivity index (χ1) is 9.11. The van der Waals surface area contributed by atoms with E-state index in [0.29, 0.717) is 0 Å². The Bertz CT molecular complexity index is 525. The van der Waals surface area contributed by atoms with Crippen molar-refractivity contribution in [1.82, 2.24) is 0 Å². The summed E-state index contributed by atoms with van der Waals surface area (Å²) in [6.07, 6.45) is -0.448. The van der Waals surface area contributed by atoms with E-state index in [1.54, 1.807) is 18.3 Å². The Morgan fingerprint density at radius 1 is 1.37 bits per heavy atom. The first-order valence-electron chi connectivity index (χ1n) is 6.36. The van der Waals surface area contributed by atoms with Crippen LogP contribution >= 0.6 is 27.3 Å². The third-order valence-electron chi connectivity index (χ3n) is 3.11. The van der Waals surface area contributed by atoms with Crippen LogP contribution in [-0.4, -0.2) is 11.7 Å². The molecule has 1 unspecified atom stereocenters. The first-order valence-corrected chi connectivity index (χ1v) is 8.04. The van der Waals surface area contributed by atoms with Crippen LogP contribution in [0.25, 0.3) is 0 Å². The fourth-order valence-corrected chi connectivity index (χ4v) is 3.45. The summed E-state index contributed by atoms with van der Waals surface area (Å²) in [5, 5.41) is 11.8. The minimum atomic E-state index is -0.448. The van der Waals surface area contributed by atoms with Gasteiger partial charge in [-0.15, -0.1) is 11.3 Å². The fraction of sp³-hybridized carbons (Fsp3) is 0.333. The molecule has 1 aromatic carbocycles. The van der Waals surface area contributed by atoms with Gasteiger partial charge in [0.05, 0.1) is 12.6 Å². The summed E-state index contributed by atoms with van der Waals surface area (Å²) < 4.78 is 0.963. The van der Waals surface area contributed by atoms with Crippen molar-refractivity contribution in [1.29, 1.82) is 0 Å². The summed E-state index contributed by atoms with van der Waals surface area (Å²) in [6, 6.07) is 10.4. The molecule has 0 saturated carbocycles. The van der Waals surface area contributed by atoms with Crippen LogP contribution in [0.3, 0.4) is 0 Å². The number of hydrogen-bond donors (Lipinski definition) is 1. The standard InChI is InChI=1S/C15H18BrNOS/c1-3-17(10-13-5-4-8-19-13)12-6-7-14(11(2)18)15(16)9-12/h4-9,11,18H,3,10H2,1-2H3. The SMILES string of the molecule is CCN(Cc1cccs1)c1ccc(C(C)O)c(Br)c1. The van der Waals surface area contributed by atoms with Gasteiger partial charge in [-0.25, -0.2) is 0 Å². The topological polar surface area (TPSA) is 23.5 Å². The molecule has 19 heavy (non-hydrogen) atoms. The molecule has 0 fully saturated rings. The molecule has 1 atom stereocenters. The normalized spacial score (nSPS) is 12.4. The zero-order valence-electron chi connectivity index (χ0n) is 11.1. The van der Waals surface area contributed by atoms with Gasteiger partial charge >= 0.3 is 0 Å². The van der Waals surface area contributed by atoms with E-state index >= 15 is 0 Å². The highest BCUT2D eigenvalue weighted by Crippen LogP contribution is 2.29. The van der Waals surface area contributed by atoms with E-state index < -0.39 is 6.10 Å². The molecule has 4 heteroatoms. The average molecular weight is 340 g/mol. The van der Waals surface area contributed by atoms with Gasteiger partial charge < -0.3 is 10.0 Å². The second-order valence-electron chi connectivity index (χ2n) is 4.48. The first kappa shape index (κ1) is 14.6. The van der Waals surface area contributed by atoms with Gasteiger partial charge in [-0.3, -0.25) is 0 Å². The van der Waals surface area contributed by atoms with Crippen LogP contribution in [0.1, 0.15) is 30.4 Å². The van der Waals surface area contributed by atoms with Crippen molar-refractivity contribution in [3.05, 3.63) is 50.6 Å². The maximum Gasteiger partial charge on any atom is 0.0772 e. The average Bonchev–Trinajstić information content (AvgIpc) is 2.88. The molecule has 1 heterocycles. The Kier molecular flexibility index (Phi) is 5.02. The Labute approximate surface area is 126 Å². The van der Waals surface area contributed by atoms with Gasteiger partial charge in [0.25, 0.3) is 0 Å². The van der Waals surface area contributed by atoms with Crippen LogP contribution in [-0.2, 0) is 6.54 Å². The molecule has 0 amide bonds. The lowest BCUT2D eigenvalue weighted by Gasteiger charge is -2.23. The van der Waals surface area contributed by atoms with Crippen LogP contribution in [0.4, 0.5) is 5.69 Å². The number of anilines is 1. The van der Waals surface area contributed by atoms with E-state index in [-0.39, 0.29) is 0 Å².